The van der Waals surface area contributed by atoms with Gasteiger partial charge in [0, 0.05) is 30.6 Å². The number of rotatable bonds is 6. The lowest BCUT2D eigenvalue weighted by molar-refractivity contribution is -0.149. The van der Waals surface area contributed by atoms with Crippen molar-refractivity contribution >= 4 is 11.8 Å². The van der Waals surface area contributed by atoms with Crippen molar-refractivity contribution in [1.82, 2.24) is 10.2 Å². The zero-order chi connectivity index (χ0) is 22.8. The molecule has 5 heteroatoms. The van der Waals surface area contributed by atoms with E-state index in [1.807, 2.05) is 56.0 Å². The van der Waals surface area contributed by atoms with E-state index in [9.17, 15) is 14.7 Å². The number of benzene rings is 1. The second-order valence-corrected chi connectivity index (χ2v) is 10.0. The highest BCUT2D eigenvalue weighted by Gasteiger charge is 2.54. The van der Waals surface area contributed by atoms with E-state index in [4.69, 9.17) is 0 Å². The smallest absolute Gasteiger partial charge is 0.251 e. The molecule has 0 heterocycles. The maximum atomic E-state index is 13.0. The standard InChI is InChI=1S/C26H40N2O3/c1-6-28(7-2)25(31)17(3)20-13-15-26(5)16-14-21(18(4)22(26)23(20)29)27-24(30)19-11-9-8-10-12-19/h8-12,17-18,20-23,29H,6-7,13-16H2,1-5H3,(H,27,30). The van der Waals surface area contributed by atoms with E-state index < -0.39 is 6.10 Å². The summed E-state index contributed by atoms with van der Waals surface area (Å²) in [5, 5.41) is 14.8. The molecule has 2 fully saturated rings. The fraction of sp³-hybridized carbons (Fsp3) is 0.692. The Hall–Kier alpha value is -1.88. The summed E-state index contributed by atoms with van der Waals surface area (Å²) in [5.74, 6) is 0.110. The second kappa shape index (κ2) is 9.72. The first-order chi connectivity index (χ1) is 14.7. The van der Waals surface area contributed by atoms with Gasteiger partial charge in [-0.1, -0.05) is 39.0 Å². The number of fused-ring (bicyclic) bond motifs is 1. The largest absolute Gasteiger partial charge is 0.392 e. The molecule has 5 nitrogen and oxygen atoms in total. The summed E-state index contributed by atoms with van der Waals surface area (Å²) in [6, 6.07) is 9.36. The molecule has 2 amide bonds. The van der Waals surface area contributed by atoms with Gasteiger partial charge < -0.3 is 15.3 Å². The lowest BCUT2D eigenvalue weighted by Gasteiger charge is -2.56. The molecule has 1 aromatic rings. The Morgan fingerprint density at radius 3 is 2.39 bits per heavy atom. The molecule has 0 radical (unpaired) electrons. The number of hydrogen-bond donors (Lipinski definition) is 2. The molecule has 0 bridgehead atoms. The topological polar surface area (TPSA) is 69.6 Å². The number of amides is 2. The van der Waals surface area contributed by atoms with Crippen LogP contribution in [0.2, 0.25) is 0 Å². The van der Waals surface area contributed by atoms with Crippen molar-refractivity contribution in [2.75, 3.05) is 13.1 Å². The summed E-state index contributed by atoms with van der Waals surface area (Å²) in [4.78, 5) is 27.6. The van der Waals surface area contributed by atoms with Crippen LogP contribution in [0.3, 0.4) is 0 Å². The van der Waals surface area contributed by atoms with Crippen LogP contribution in [-0.2, 0) is 4.79 Å². The van der Waals surface area contributed by atoms with Crippen molar-refractivity contribution in [3.63, 3.8) is 0 Å². The third-order valence-corrected chi connectivity index (χ3v) is 8.35. The summed E-state index contributed by atoms with van der Waals surface area (Å²) in [6.45, 7) is 11.9. The summed E-state index contributed by atoms with van der Waals surface area (Å²) < 4.78 is 0. The van der Waals surface area contributed by atoms with Crippen LogP contribution in [0.1, 0.15) is 70.7 Å². The van der Waals surface area contributed by atoms with E-state index in [0.29, 0.717) is 18.7 Å². The Morgan fingerprint density at radius 1 is 1.16 bits per heavy atom. The van der Waals surface area contributed by atoms with Crippen LogP contribution in [0.15, 0.2) is 30.3 Å². The normalized spacial score (nSPS) is 33.8. The molecular formula is C26H40N2O3. The van der Waals surface area contributed by atoms with Crippen molar-refractivity contribution < 1.29 is 14.7 Å². The molecule has 7 unspecified atom stereocenters. The van der Waals surface area contributed by atoms with E-state index in [-0.39, 0.29) is 46.9 Å². The highest BCUT2D eigenvalue weighted by molar-refractivity contribution is 5.94. The van der Waals surface area contributed by atoms with Crippen LogP contribution in [0.25, 0.3) is 0 Å². The van der Waals surface area contributed by atoms with Crippen LogP contribution in [0, 0.1) is 29.1 Å². The monoisotopic (exact) mass is 428 g/mol. The summed E-state index contributed by atoms with van der Waals surface area (Å²) in [6.07, 6.45) is 3.30. The number of carbonyl (C=O) groups excluding carboxylic acids is 2. The Balaban J connectivity index is 1.75. The zero-order valence-corrected chi connectivity index (χ0v) is 19.8. The first kappa shape index (κ1) is 23.8. The van der Waals surface area contributed by atoms with Gasteiger partial charge in [-0.15, -0.1) is 0 Å². The van der Waals surface area contributed by atoms with Crippen molar-refractivity contribution in [2.24, 2.45) is 29.1 Å². The van der Waals surface area contributed by atoms with Crippen LogP contribution in [-0.4, -0.2) is 47.1 Å². The molecule has 0 saturated heterocycles. The van der Waals surface area contributed by atoms with E-state index in [2.05, 4.69) is 19.2 Å². The van der Waals surface area contributed by atoms with Gasteiger partial charge >= 0.3 is 0 Å². The van der Waals surface area contributed by atoms with Crippen LogP contribution >= 0.6 is 0 Å². The van der Waals surface area contributed by atoms with Gasteiger partial charge in [0.25, 0.3) is 5.91 Å². The van der Waals surface area contributed by atoms with Gasteiger partial charge in [0.15, 0.2) is 0 Å². The van der Waals surface area contributed by atoms with Crippen LogP contribution < -0.4 is 5.32 Å². The van der Waals surface area contributed by atoms with Crippen LogP contribution in [0.4, 0.5) is 0 Å². The summed E-state index contributed by atoms with van der Waals surface area (Å²) >= 11 is 0. The van der Waals surface area contributed by atoms with E-state index in [1.54, 1.807) is 0 Å². The van der Waals surface area contributed by atoms with E-state index in [0.717, 1.165) is 25.7 Å². The fourth-order valence-corrected chi connectivity index (χ4v) is 6.35. The molecule has 0 spiro atoms. The Kier molecular flexibility index (Phi) is 7.46. The lowest BCUT2D eigenvalue weighted by atomic mass is 9.51. The lowest BCUT2D eigenvalue weighted by Crippen LogP contribution is -2.58. The van der Waals surface area contributed by atoms with Gasteiger partial charge in [0.2, 0.25) is 5.91 Å². The van der Waals surface area contributed by atoms with Crippen molar-refractivity contribution in [3.8, 4) is 0 Å². The van der Waals surface area contributed by atoms with Crippen molar-refractivity contribution in [2.45, 2.75) is 72.4 Å². The Bertz CT molecular complexity index is 763. The predicted octanol–water partition coefficient (Wildman–Crippen LogP) is 4.11. The van der Waals surface area contributed by atoms with Gasteiger partial charge in [-0.05, 0) is 74.8 Å². The van der Waals surface area contributed by atoms with Gasteiger partial charge in [0.05, 0.1) is 6.10 Å². The van der Waals surface area contributed by atoms with E-state index in [1.165, 1.54) is 0 Å². The average Bonchev–Trinajstić information content (AvgIpc) is 2.76. The minimum atomic E-state index is -0.528. The number of aliphatic hydroxyl groups excluding tert-OH is 1. The third-order valence-electron chi connectivity index (χ3n) is 8.35. The third kappa shape index (κ3) is 4.67. The molecule has 2 aliphatic carbocycles. The predicted molar refractivity (Wildman–Crippen MR) is 124 cm³/mol. The molecule has 0 aliphatic heterocycles. The molecule has 2 saturated carbocycles. The average molecular weight is 429 g/mol. The minimum Gasteiger partial charge on any atom is -0.392 e. The summed E-state index contributed by atoms with van der Waals surface area (Å²) in [7, 11) is 0. The molecule has 172 valence electrons. The first-order valence-corrected chi connectivity index (χ1v) is 12.1. The van der Waals surface area contributed by atoms with Gasteiger partial charge in [-0.25, -0.2) is 0 Å². The Morgan fingerprint density at radius 2 is 1.77 bits per heavy atom. The van der Waals surface area contributed by atoms with Gasteiger partial charge in [-0.2, -0.15) is 0 Å². The Labute approximate surface area is 187 Å². The minimum absolute atomic E-state index is 0.0304. The molecular weight excluding hydrogens is 388 g/mol. The van der Waals surface area contributed by atoms with Crippen LogP contribution in [0.5, 0.6) is 0 Å². The van der Waals surface area contributed by atoms with Gasteiger partial charge in [0.1, 0.15) is 0 Å². The molecule has 0 aromatic heterocycles. The SMILES string of the molecule is CCN(CC)C(=O)C(C)C1CCC2(C)CCC(NC(=O)c3ccccc3)C(C)C2C1O. The zero-order valence-electron chi connectivity index (χ0n) is 19.8. The fourth-order valence-electron chi connectivity index (χ4n) is 6.35. The molecule has 3 rings (SSSR count). The highest BCUT2D eigenvalue weighted by Crippen LogP contribution is 2.55. The maximum Gasteiger partial charge on any atom is 0.251 e. The second-order valence-electron chi connectivity index (χ2n) is 10.0. The highest BCUT2D eigenvalue weighted by atomic mass is 16.3. The number of hydrogen-bond acceptors (Lipinski definition) is 3. The summed E-state index contributed by atoms with van der Waals surface area (Å²) in [5.41, 5.74) is 0.727. The molecule has 31 heavy (non-hydrogen) atoms. The number of carbonyl (C=O) groups is 2. The molecule has 2 aliphatic rings. The van der Waals surface area contributed by atoms with Crippen molar-refractivity contribution in [3.05, 3.63) is 35.9 Å². The number of nitrogens with one attached hydrogen (secondary N) is 1. The molecule has 2 N–H and O–H groups in total. The van der Waals surface area contributed by atoms with Crippen molar-refractivity contribution in [1.29, 1.82) is 0 Å². The number of nitrogens with zero attached hydrogens (tertiary/aromatic N) is 1. The van der Waals surface area contributed by atoms with Gasteiger partial charge in [-0.3, -0.25) is 9.59 Å². The quantitative estimate of drug-likeness (QED) is 0.716. The molecule has 7 atom stereocenters. The number of aliphatic hydroxyl groups is 1. The maximum absolute atomic E-state index is 13.0. The first-order valence-electron chi connectivity index (χ1n) is 12.1. The molecule has 1 aromatic carbocycles. The van der Waals surface area contributed by atoms with E-state index >= 15 is 0 Å².